The van der Waals surface area contributed by atoms with E-state index in [0.717, 1.165) is 5.56 Å². The molecule has 1 aromatic carbocycles. The Hall–Kier alpha value is -1.70. The van der Waals surface area contributed by atoms with Crippen LogP contribution in [0.15, 0.2) is 41.4 Å². The summed E-state index contributed by atoms with van der Waals surface area (Å²) in [5.41, 5.74) is 2.04. The number of aliphatic imine (C=N–C) groups is 1. The molecule has 0 saturated carbocycles. The number of nitrogens with one attached hydrogen (secondary N) is 1. The van der Waals surface area contributed by atoms with Gasteiger partial charge in [-0.1, -0.05) is 35.9 Å². The smallest absolute Gasteiger partial charge is 0.151 e. The highest BCUT2D eigenvalue weighted by atomic mass is 14.8. The molecule has 0 spiro atoms. The van der Waals surface area contributed by atoms with Crippen LogP contribution in [0.4, 0.5) is 0 Å². The number of benzene rings is 1. The van der Waals surface area contributed by atoms with Crippen LogP contribution in [0.1, 0.15) is 18.1 Å². The van der Waals surface area contributed by atoms with E-state index in [1.165, 1.54) is 5.56 Å². The lowest BCUT2D eigenvalue weighted by Gasteiger charge is -1.97. The zero-order chi connectivity index (χ0) is 10.4. The Morgan fingerprint density at radius 3 is 2.50 bits per heavy atom. The first kappa shape index (κ1) is 10.4. The van der Waals surface area contributed by atoms with Gasteiger partial charge in [0.25, 0.3) is 0 Å². The second-order valence-corrected chi connectivity index (χ2v) is 3.02. The van der Waals surface area contributed by atoms with Crippen LogP contribution in [0.25, 0.3) is 0 Å². The quantitative estimate of drug-likeness (QED) is 0.544. The van der Waals surface area contributed by atoms with Gasteiger partial charge in [-0.25, -0.2) is 4.99 Å². The topological polar surface area (TPSA) is 36.2 Å². The first-order chi connectivity index (χ1) is 6.74. The number of hydrogen-bond donors (Lipinski definition) is 1. The van der Waals surface area contributed by atoms with Crippen LogP contribution < -0.4 is 0 Å². The van der Waals surface area contributed by atoms with Crippen LogP contribution in [0, 0.1) is 12.3 Å². The number of hydrogen-bond acceptors (Lipinski definition) is 1. The molecule has 0 aliphatic carbocycles. The third kappa shape index (κ3) is 2.98. The van der Waals surface area contributed by atoms with E-state index in [4.69, 9.17) is 5.41 Å². The molecule has 0 saturated heterocycles. The maximum atomic E-state index is 7.65. The fourth-order valence-corrected chi connectivity index (χ4v) is 0.990. The van der Waals surface area contributed by atoms with E-state index in [1.54, 1.807) is 6.21 Å². The highest BCUT2D eigenvalue weighted by molar-refractivity contribution is 6.02. The fourth-order valence-electron chi connectivity index (χ4n) is 0.990. The Balaban J connectivity index is 2.75. The van der Waals surface area contributed by atoms with Gasteiger partial charge in [0.2, 0.25) is 0 Å². The van der Waals surface area contributed by atoms with Crippen molar-refractivity contribution in [3.8, 4) is 0 Å². The van der Waals surface area contributed by atoms with E-state index in [2.05, 4.69) is 4.99 Å². The summed E-state index contributed by atoms with van der Waals surface area (Å²) in [6.07, 6.45) is 5.32. The van der Waals surface area contributed by atoms with Crippen molar-refractivity contribution >= 4 is 12.1 Å². The van der Waals surface area contributed by atoms with Crippen LogP contribution in [0.2, 0.25) is 0 Å². The van der Waals surface area contributed by atoms with Crippen LogP contribution >= 0.6 is 0 Å². The summed E-state index contributed by atoms with van der Waals surface area (Å²) < 4.78 is 0. The molecule has 2 heteroatoms. The normalized spacial score (nSPS) is 11.3. The summed E-state index contributed by atoms with van der Waals surface area (Å²) in [5, 5.41) is 7.65. The van der Waals surface area contributed by atoms with Gasteiger partial charge in [0.15, 0.2) is 5.84 Å². The molecule has 0 bridgehead atoms. The lowest BCUT2D eigenvalue weighted by Crippen LogP contribution is -1.94. The highest BCUT2D eigenvalue weighted by Crippen LogP contribution is 2.04. The summed E-state index contributed by atoms with van der Waals surface area (Å²) >= 11 is 0. The third-order valence-corrected chi connectivity index (χ3v) is 1.81. The monoisotopic (exact) mass is 186 g/mol. The van der Waals surface area contributed by atoms with Gasteiger partial charge in [-0.2, -0.15) is 0 Å². The largest absolute Gasteiger partial charge is 0.282 e. The first-order valence-corrected chi connectivity index (χ1v) is 4.55. The molecule has 14 heavy (non-hydrogen) atoms. The van der Waals surface area contributed by atoms with E-state index >= 15 is 0 Å². The van der Waals surface area contributed by atoms with Gasteiger partial charge in [-0.15, -0.1) is 0 Å². The number of amidine groups is 1. The first-order valence-electron chi connectivity index (χ1n) is 4.55. The summed E-state index contributed by atoms with van der Waals surface area (Å²) in [6.45, 7) is 3.94. The van der Waals surface area contributed by atoms with Crippen molar-refractivity contribution < 1.29 is 0 Å². The van der Waals surface area contributed by atoms with Gasteiger partial charge in [0, 0.05) is 11.8 Å². The highest BCUT2D eigenvalue weighted by Gasteiger charge is 1.96. The number of allylic oxidation sites excluding steroid dienone is 2. The molecular formula is C12H14N2. The number of aryl methyl sites for hydroxylation is 1. The van der Waals surface area contributed by atoms with E-state index in [-0.39, 0.29) is 0 Å². The Morgan fingerprint density at radius 1 is 1.29 bits per heavy atom. The summed E-state index contributed by atoms with van der Waals surface area (Å²) in [7, 11) is 0. The fraction of sp³-hybridized carbons (Fsp3) is 0.167. The number of rotatable bonds is 2. The van der Waals surface area contributed by atoms with Gasteiger partial charge >= 0.3 is 0 Å². The molecule has 0 heterocycles. The molecule has 0 aliphatic rings. The number of nitrogens with zero attached hydrogens (tertiary/aromatic N) is 1. The van der Waals surface area contributed by atoms with Gasteiger partial charge in [0.1, 0.15) is 0 Å². The molecule has 2 nitrogen and oxygen atoms in total. The molecule has 0 unspecified atom stereocenters. The van der Waals surface area contributed by atoms with E-state index in [9.17, 15) is 0 Å². The molecule has 0 atom stereocenters. The Kier molecular flexibility index (Phi) is 3.80. The van der Waals surface area contributed by atoms with E-state index < -0.39 is 0 Å². The van der Waals surface area contributed by atoms with Crippen molar-refractivity contribution in [2.75, 3.05) is 0 Å². The minimum absolute atomic E-state index is 0.295. The minimum Gasteiger partial charge on any atom is -0.282 e. The predicted octanol–water partition coefficient (Wildman–Crippen LogP) is 2.97. The maximum absolute atomic E-state index is 7.65. The van der Waals surface area contributed by atoms with E-state index in [0.29, 0.717) is 5.84 Å². The molecule has 1 aromatic rings. The van der Waals surface area contributed by atoms with Crippen LogP contribution in [-0.2, 0) is 0 Å². The average Bonchev–Trinajstić information content (AvgIpc) is 2.19. The molecule has 72 valence electrons. The lowest BCUT2D eigenvalue weighted by atomic mass is 10.1. The van der Waals surface area contributed by atoms with E-state index in [1.807, 2.05) is 50.3 Å². The Labute approximate surface area is 84.5 Å². The van der Waals surface area contributed by atoms with Gasteiger partial charge < -0.3 is 0 Å². The molecule has 1 rings (SSSR count). The molecular weight excluding hydrogens is 172 g/mol. The summed E-state index contributed by atoms with van der Waals surface area (Å²) in [4.78, 5) is 3.99. The molecule has 0 fully saturated rings. The Bertz CT molecular complexity index is 358. The van der Waals surface area contributed by atoms with Crippen molar-refractivity contribution in [2.45, 2.75) is 13.8 Å². The van der Waals surface area contributed by atoms with Crippen LogP contribution in [0.3, 0.4) is 0 Å². The second-order valence-electron chi connectivity index (χ2n) is 3.02. The van der Waals surface area contributed by atoms with Gasteiger partial charge in [0.05, 0.1) is 0 Å². The van der Waals surface area contributed by atoms with Crippen molar-refractivity contribution in [3.63, 3.8) is 0 Å². The average molecular weight is 186 g/mol. The lowest BCUT2D eigenvalue weighted by molar-refractivity contribution is 1.40. The third-order valence-electron chi connectivity index (χ3n) is 1.81. The molecule has 0 radical (unpaired) electrons. The SMILES string of the molecule is C/C=C\C=NC(=N)c1ccc(C)cc1. The Morgan fingerprint density at radius 2 is 1.93 bits per heavy atom. The second kappa shape index (κ2) is 5.12. The van der Waals surface area contributed by atoms with Crippen molar-refractivity contribution in [3.05, 3.63) is 47.5 Å². The molecule has 0 amide bonds. The minimum atomic E-state index is 0.295. The summed E-state index contributed by atoms with van der Waals surface area (Å²) in [6, 6.07) is 7.78. The molecule has 0 aromatic heterocycles. The van der Waals surface area contributed by atoms with Crippen LogP contribution in [0.5, 0.6) is 0 Å². The van der Waals surface area contributed by atoms with Gasteiger partial charge in [-0.3, -0.25) is 5.41 Å². The zero-order valence-corrected chi connectivity index (χ0v) is 8.49. The van der Waals surface area contributed by atoms with Crippen molar-refractivity contribution in [1.82, 2.24) is 0 Å². The van der Waals surface area contributed by atoms with Crippen molar-refractivity contribution in [2.24, 2.45) is 4.99 Å². The van der Waals surface area contributed by atoms with Crippen LogP contribution in [-0.4, -0.2) is 12.1 Å². The maximum Gasteiger partial charge on any atom is 0.151 e. The van der Waals surface area contributed by atoms with Gasteiger partial charge in [-0.05, 0) is 19.9 Å². The molecule has 0 aliphatic heterocycles. The molecule has 1 N–H and O–H groups in total. The van der Waals surface area contributed by atoms with Crippen molar-refractivity contribution in [1.29, 1.82) is 5.41 Å². The summed E-state index contributed by atoms with van der Waals surface area (Å²) in [5.74, 6) is 0.295. The predicted molar refractivity (Wildman–Crippen MR) is 61.3 cm³/mol. The standard InChI is InChI=1S/C12H14N2/c1-3-4-9-14-12(13)11-7-5-10(2)6-8-11/h3-9,13H,1-2H3/b4-3-,13-12?,14-9?. The zero-order valence-electron chi connectivity index (χ0n) is 8.49.